The van der Waals surface area contributed by atoms with E-state index in [1.807, 2.05) is 65.8 Å². The van der Waals surface area contributed by atoms with Crippen molar-refractivity contribution in [2.24, 2.45) is 5.92 Å². The van der Waals surface area contributed by atoms with Gasteiger partial charge in [-0.2, -0.15) is 0 Å². The third-order valence-corrected chi connectivity index (χ3v) is 8.35. The molecule has 3 aromatic carbocycles. The number of benzene rings is 3. The van der Waals surface area contributed by atoms with Crippen LogP contribution in [0.15, 0.2) is 54.6 Å². The van der Waals surface area contributed by atoms with Gasteiger partial charge in [-0.25, -0.2) is 14.6 Å². The third-order valence-electron chi connectivity index (χ3n) is 8.35. The van der Waals surface area contributed by atoms with Gasteiger partial charge in [0.15, 0.2) is 0 Å². The average molecular weight is 626 g/mol. The molecule has 1 aromatic heterocycles. The molecule has 10 nitrogen and oxygen atoms in total. The molecule has 3 heterocycles. The minimum atomic E-state index is -0.570. The van der Waals surface area contributed by atoms with Crippen molar-refractivity contribution in [3.05, 3.63) is 60.4 Å². The van der Waals surface area contributed by atoms with Crippen molar-refractivity contribution in [1.82, 2.24) is 19.8 Å². The van der Waals surface area contributed by atoms with Gasteiger partial charge in [0.2, 0.25) is 5.91 Å². The SMILES string of the molecule is CC(C)(C)OC(=O)N1CC[C@H](C(=O)Nc2ccc3cc(-c4ccc5nc(C6CCCN6C(=O)OC(C)(C)C)[nH]c5c4)ccc3c2)C1. The van der Waals surface area contributed by atoms with Gasteiger partial charge in [-0.3, -0.25) is 9.69 Å². The number of carbonyl (C=O) groups is 3. The van der Waals surface area contributed by atoms with E-state index in [0.717, 1.165) is 57.3 Å². The van der Waals surface area contributed by atoms with Crippen LogP contribution in [0, 0.1) is 5.92 Å². The Bertz CT molecular complexity index is 1800. The Labute approximate surface area is 269 Å². The average Bonchev–Trinajstić information content (AvgIpc) is 3.74. The summed E-state index contributed by atoms with van der Waals surface area (Å²) in [7, 11) is 0. The van der Waals surface area contributed by atoms with Crippen molar-refractivity contribution in [3.8, 4) is 11.1 Å². The summed E-state index contributed by atoms with van der Waals surface area (Å²) in [5.41, 5.74) is 3.48. The molecule has 2 aliphatic heterocycles. The van der Waals surface area contributed by atoms with Gasteiger partial charge in [-0.15, -0.1) is 0 Å². The number of anilines is 1. The quantitative estimate of drug-likeness (QED) is 0.241. The van der Waals surface area contributed by atoms with Crippen molar-refractivity contribution in [2.45, 2.75) is 78.0 Å². The summed E-state index contributed by atoms with van der Waals surface area (Å²) in [6.45, 7) is 12.6. The number of rotatable bonds is 4. The Hall–Kier alpha value is -4.60. The molecular formula is C36H43N5O5. The molecular weight excluding hydrogens is 582 g/mol. The van der Waals surface area contributed by atoms with Crippen LogP contribution in [-0.4, -0.2) is 68.7 Å². The zero-order chi connectivity index (χ0) is 32.8. The van der Waals surface area contributed by atoms with Gasteiger partial charge >= 0.3 is 12.2 Å². The van der Waals surface area contributed by atoms with Crippen molar-refractivity contribution in [3.63, 3.8) is 0 Å². The fourth-order valence-corrected chi connectivity index (χ4v) is 6.17. The van der Waals surface area contributed by atoms with Crippen LogP contribution < -0.4 is 5.32 Å². The van der Waals surface area contributed by atoms with Crippen LogP contribution in [0.5, 0.6) is 0 Å². The smallest absolute Gasteiger partial charge is 0.410 e. The minimum Gasteiger partial charge on any atom is -0.444 e. The van der Waals surface area contributed by atoms with E-state index in [1.165, 1.54) is 0 Å². The molecule has 2 aliphatic rings. The topological polar surface area (TPSA) is 117 Å². The lowest BCUT2D eigenvalue weighted by Gasteiger charge is -2.27. The number of nitrogens with zero attached hydrogens (tertiary/aromatic N) is 3. The summed E-state index contributed by atoms with van der Waals surface area (Å²) < 4.78 is 11.1. The van der Waals surface area contributed by atoms with E-state index in [2.05, 4.69) is 40.6 Å². The number of hydrogen-bond acceptors (Lipinski definition) is 6. The number of likely N-dealkylation sites (tertiary alicyclic amines) is 2. The molecule has 0 aliphatic carbocycles. The summed E-state index contributed by atoms with van der Waals surface area (Å²) in [6, 6.07) is 18.2. The minimum absolute atomic E-state index is 0.0962. The van der Waals surface area contributed by atoms with Crippen LogP contribution in [0.3, 0.4) is 0 Å². The highest BCUT2D eigenvalue weighted by molar-refractivity contribution is 5.97. The number of H-pyrrole nitrogens is 1. The number of ether oxygens (including phenoxy) is 2. The monoisotopic (exact) mass is 625 g/mol. The number of amides is 3. The molecule has 2 atom stereocenters. The normalized spacial score (nSPS) is 18.7. The van der Waals surface area contributed by atoms with Gasteiger partial charge in [0.05, 0.1) is 23.0 Å². The van der Waals surface area contributed by atoms with Gasteiger partial charge in [-0.1, -0.05) is 24.3 Å². The second-order valence-electron chi connectivity index (χ2n) is 14.4. The molecule has 10 heteroatoms. The Morgan fingerprint density at radius 1 is 0.826 bits per heavy atom. The Morgan fingerprint density at radius 3 is 2.26 bits per heavy atom. The predicted molar refractivity (Wildman–Crippen MR) is 178 cm³/mol. The summed E-state index contributed by atoms with van der Waals surface area (Å²) in [5, 5.41) is 5.10. The lowest BCUT2D eigenvalue weighted by molar-refractivity contribution is -0.119. The third kappa shape index (κ3) is 6.95. The summed E-state index contributed by atoms with van der Waals surface area (Å²) in [6.07, 6.45) is 1.66. The highest BCUT2D eigenvalue weighted by Crippen LogP contribution is 2.34. The first kappa shape index (κ1) is 31.4. The largest absolute Gasteiger partial charge is 0.444 e. The van der Waals surface area contributed by atoms with Crippen LogP contribution in [0.2, 0.25) is 0 Å². The first-order valence-electron chi connectivity index (χ1n) is 16.0. The molecule has 3 amide bonds. The van der Waals surface area contributed by atoms with E-state index in [-0.39, 0.29) is 30.1 Å². The lowest BCUT2D eigenvalue weighted by Crippen LogP contribution is -2.36. The summed E-state index contributed by atoms with van der Waals surface area (Å²) in [4.78, 5) is 49.9. The standard InChI is InChI=1S/C36H43N5O5/c1-35(2,3)45-33(43)40-17-15-26(21-40)32(42)37-27-13-11-23-18-22(9-10-24(23)19-27)25-12-14-28-29(20-25)39-31(38-28)30-8-7-16-41(30)34(44)46-36(4,5)6/h9-14,18-20,26,30H,7-8,15-17,21H2,1-6H3,(H,37,42)(H,38,39)/t26-,30?/m0/s1. The van der Waals surface area contributed by atoms with Crippen molar-refractivity contribution in [2.75, 3.05) is 25.0 Å². The van der Waals surface area contributed by atoms with Gasteiger partial charge in [0.1, 0.15) is 17.0 Å². The van der Waals surface area contributed by atoms with Crippen LogP contribution in [-0.2, 0) is 14.3 Å². The zero-order valence-corrected chi connectivity index (χ0v) is 27.5. The number of imidazole rings is 1. The van der Waals surface area contributed by atoms with Crippen LogP contribution in [0.25, 0.3) is 32.9 Å². The first-order valence-corrected chi connectivity index (χ1v) is 16.0. The van der Waals surface area contributed by atoms with E-state index in [0.29, 0.717) is 26.1 Å². The first-order chi connectivity index (χ1) is 21.7. The van der Waals surface area contributed by atoms with E-state index >= 15 is 0 Å². The molecule has 2 saturated heterocycles. The molecule has 1 unspecified atom stereocenters. The second kappa shape index (κ2) is 12.0. The molecule has 0 saturated carbocycles. The highest BCUT2D eigenvalue weighted by atomic mass is 16.6. The number of aromatic nitrogens is 2. The zero-order valence-electron chi connectivity index (χ0n) is 27.5. The van der Waals surface area contributed by atoms with Gasteiger partial charge in [0, 0.05) is 25.3 Å². The van der Waals surface area contributed by atoms with Gasteiger partial charge in [-0.05, 0) is 113 Å². The van der Waals surface area contributed by atoms with Crippen molar-refractivity contribution >= 4 is 45.6 Å². The predicted octanol–water partition coefficient (Wildman–Crippen LogP) is 7.65. The maximum Gasteiger partial charge on any atom is 0.410 e. The van der Waals surface area contributed by atoms with E-state index < -0.39 is 11.2 Å². The van der Waals surface area contributed by atoms with Crippen LogP contribution in [0.4, 0.5) is 15.3 Å². The van der Waals surface area contributed by atoms with E-state index in [4.69, 9.17) is 14.5 Å². The van der Waals surface area contributed by atoms with Gasteiger partial charge < -0.3 is 24.7 Å². The molecule has 0 radical (unpaired) electrons. The molecule has 4 aromatic rings. The maximum absolute atomic E-state index is 13.0. The number of nitrogens with one attached hydrogen (secondary N) is 2. The maximum atomic E-state index is 13.0. The molecule has 46 heavy (non-hydrogen) atoms. The number of fused-ring (bicyclic) bond motifs is 2. The lowest BCUT2D eigenvalue weighted by atomic mass is 10.0. The molecule has 242 valence electrons. The van der Waals surface area contributed by atoms with E-state index in [1.54, 1.807) is 9.80 Å². The molecule has 2 fully saturated rings. The molecule has 0 bridgehead atoms. The Kier molecular flexibility index (Phi) is 8.16. The summed E-state index contributed by atoms with van der Waals surface area (Å²) >= 11 is 0. The fraction of sp³-hybridized carbons (Fsp3) is 0.444. The molecule has 2 N–H and O–H groups in total. The Morgan fingerprint density at radius 2 is 1.50 bits per heavy atom. The fourth-order valence-electron chi connectivity index (χ4n) is 6.17. The van der Waals surface area contributed by atoms with Crippen LogP contribution in [0.1, 0.15) is 72.7 Å². The highest BCUT2D eigenvalue weighted by Gasteiger charge is 2.35. The Balaban J connectivity index is 1.13. The van der Waals surface area contributed by atoms with Crippen molar-refractivity contribution < 1.29 is 23.9 Å². The van der Waals surface area contributed by atoms with Crippen molar-refractivity contribution in [1.29, 1.82) is 0 Å². The summed E-state index contributed by atoms with van der Waals surface area (Å²) in [5.74, 6) is 0.400. The van der Waals surface area contributed by atoms with Gasteiger partial charge in [0.25, 0.3) is 0 Å². The number of hydrogen-bond donors (Lipinski definition) is 2. The number of carbonyl (C=O) groups excluding carboxylic acids is 3. The molecule has 0 spiro atoms. The number of aromatic amines is 1. The molecule has 6 rings (SSSR count). The second-order valence-corrected chi connectivity index (χ2v) is 14.4. The van der Waals surface area contributed by atoms with Crippen LogP contribution >= 0.6 is 0 Å². The van der Waals surface area contributed by atoms with E-state index in [9.17, 15) is 14.4 Å².